The van der Waals surface area contributed by atoms with Gasteiger partial charge in [-0.2, -0.15) is 0 Å². The summed E-state index contributed by atoms with van der Waals surface area (Å²) in [5.74, 6) is 1.77. The summed E-state index contributed by atoms with van der Waals surface area (Å²) in [6.45, 7) is 1.02. The second-order valence-electron chi connectivity index (χ2n) is 5.42. The summed E-state index contributed by atoms with van der Waals surface area (Å²) < 4.78 is 2.28. The van der Waals surface area contributed by atoms with Gasteiger partial charge in [-0.3, -0.25) is 0 Å². The van der Waals surface area contributed by atoms with Crippen molar-refractivity contribution >= 4 is 11.6 Å². The fraction of sp³-hybridized carbons (Fsp3) is 0.235. The van der Waals surface area contributed by atoms with Crippen LogP contribution < -0.4 is 5.32 Å². The Balaban J connectivity index is 1.66. The zero-order valence-corrected chi connectivity index (χ0v) is 12.2. The number of benzene rings is 1. The summed E-state index contributed by atoms with van der Waals surface area (Å²) in [5.41, 5.74) is 2.97. The minimum Gasteiger partial charge on any atom is -0.327 e. The van der Waals surface area contributed by atoms with Crippen molar-refractivity contribution in [3.8, 4) is 11.4 Å². The number of para-hydroxylation sites is 1. The summed E-state index contributed by atoms with van der Waals surface area (Å²) in [6, 6.07) is 11.9. The number of aromatic nitrogens is 4. The third-order valence-corrected chi connectivity index (χ3v) is 3.92. The molecule has 0 saturated carbocycles. The van der Waals surface area contributed by atoms with Crippen LogP contribution in [-0.2, 0) is 13.0 Å². The van der Waals surface area contributed by atoms with Crippen LogP contribution in [0.25, 0.3) is 11.4 Å². The molecule has 22 heavy (non-hydrogen) atoms. The molecule has 0 unspecified atom stereocenters. The van der Waals surface area contributed by atoms with Crippen LogP contribution in [-0.4, -0.2) is 19.5 Å². The van der Waals surface area contributed by atoms with Gasteiger partial charge in [-0.15, -0.1) is 0 Å². The van der Waals surface area contributed by atoms with Crippen LogP contribution in [0.1, 0.15) is 18.7 Å². The predicted octanol–water partition coefficient (Wildman–Crippen LogP) is 3.42. The van der Waals surface area contributed by atoms with E-state index in [1.807, 2.05) is 42.6 Å². The van der Waals surface area contributed by atoms with E-state index < -0.39 is 0 Å². The molecule has 0 radical (unpaired) electrons. The highest BCUT2D eigenvalue weighted by Crippen LogP contribution is 2.24. The number of fused-ring (bicyclic) bond motifs is 1. The van der Waals surface area contributed by atoms with Gasteiger partial charge in [-0.25, -0.2) is 15.0 Å². The molecular weight excluding hydrogens is 274 g/mol. The molecule has 3 heterocycles. The Kier molecular flexibility index (Phi) is 3.31. The maximum Gasteiger partial charge on any atom is 0.227 e. The SMILES string of the molecule is c1ccc(Nc2nccc(-c3cnc4n3CCCC4)n2)cc1. The van der Waals surface area contributed by atoms with Gasteiger partial charge in [0.05, 0.1) is 17.6 Å². The van der Waals surface area contributed by atoms with E-state index in [2.05, 4.69) is 24.8 Å². The van der Waals surface area contributed by atoms with Crippen molar-refractivity contribution in [3.63, 3.8) is 0 Å². The highest BCUT2D eigenvalue weighted by atomic mass is 15.1. The van der Waals surface area contributed by atoms with E-state index in [0.29, 0.717) is 5.95 Å². The van der Waals surface area contributed by atoms with Gasteiger partial charge < -0.3 is 9.88 Å². The van der Waals surface area contributed by atoms with Gasteiger partial charge in [0, 0.05) is 24.8 Å². The molecule has 0 bridgehead atoms. The molecule has 1 N–H and O–H groups in total. The third-order valence-electron chi connectivity index (χ3n) is 3.92. The molecule has 0 atom stereocenters. The molecule has 3 aromatic rings. The Labute approximate surface area is 129 Å². The van der Waals surface area contributed by atoms with Crippen LogP contribution in [0.15, 0.2) is 48.8 Å². The van der Waals surface area contributed by atoms with E-state index in [0.717, 1.165) is 35.9 Å². The summed E-state index contributed by atoms with van der Waals surface area (Å²) in [6.07, 6.45) is 7.20. The van der Waals surface area contributed by atoms with Crippen molar-refractivity contribution in [2.45, 2.75) is 25.8 Å². The molecule has 5 heteroatoms. The number of hydrogen-bond acceptors (Lipinski definition) is 4. The lowest BCUT2D eigenvalue weighted by molar-refractivity contribution is 0.525. The van der Waals surface area contributed by atoms with Crippen molar-refractivity contribution < 1.29 is 0 Å². The first-order valence-electron chi connectivity index (χ1n) is 7.60. The largest absolute Gasteiger partial charge is 0.327 e. The van der Waals surface area contributed by atoms with Gasteiger partial charge in [0.2, 0.25) is 5.95 Å². The number of imidazole rings is 1. The van der Waals surface area contributed by atoms with Crippen molar-refractivity contribution in [2.24, 2.45) is 0 Å². The molecule has 2 aromatic heterocycles. The van der Waals surface area contributed by atoms with Gasteiger partial charge in [-0.1, -0.05) is 18.2 Å². The number of rotatable bonds is 3. The lowest BCUT2D eigenvalue weighted by atomic mass is 10.1. The first-order valence-corrected chi connectivity index (χ1v) is 7.60. The van der Waals surface area contributed by atoms with Crippen LogP contribution >= 0.6 is 0 Å². The Bertz CT molecular complexity index is 779. The molecule has 1 aliphatic rings. The van der Waals surface area contributed by atoms with E-state index in [9.17, 15) is 0 Å². The van der Waals surface area contributed by atoms with Crippen molar-refractivity contribution in [2.75, 3.05) is 5.32 Å². The third kappa shape index (κ3) is 2.45. The predicted molar refractivity (Wildman–Crippen MR) is 85.9 cm³/mol. The first kappa shape index (κ1) is 13.0. The monoisotopic (exact) mass is 291 g/mol. The standard InChI is InChI=1S/C17H17N5/c1-2-6-13(7-3-1)20-17-18-10-9-14(21-17)15-12-19-16-8-4-5-11-22(15)16/h1-3,6-7,9-10,12H,4-5,8,11H2,(H,18,20,21). The Morgan fingerprint density at radius 2 is 1.91 bits per heavy atom. The van der Waals surface area contributed by atoms with Crippen LogP contribution in [0.3, 0.4) is 0 Å². The summed E-state index contributed by atoms with van der Waals surface area (Å²) >= 11 is 0. The number of hydrogen-bond donors (Lipinski definition) is 1. The van der Waals surface area contributed by atoms with Crippen LogP contribution in [0.5, 0.6) is 0 Å². The van der Waals surface area contributed by atoms with Gasteiger partial charge >= 0.3 is 0 Å². The lowest BCUT2D eigenvalue weighted by Gasteiger charge is -2.16. The fourth-order valence-corrected chi connectivity index (χ4v) is 2.83. The summed E-state index contributed by atoms with van der Waals surface area (Å²) in [7, 11) is 0. The Morgan fingerprint density at radius 3 is 2.82 bits per heavy atom. The second kappa shape index (κ2) is 5.60. The zero-order chi connectivity index (χ0) is 14.8. The average Bonchev–Trinajstić information content (AvgIpc) is 3.00. The molecule has 1 aliphatic heterocycles. The molecule has 0 aliphatic carbocycles. The molecule has 0 saturated heterocycles. The highest BCUT2D eigenvalue weighted by Gasteiger charge is 2.16. The number of aryl methyl sites for hydroxylation is 1. The van der Waals surface area contributed by atoms with Crippen molar-refractivity contribution in [3.05, 3.63) is 54.6 Å². The average molecular weight is 291 g/mol. The van der Waals surface area contributed by atoms with Crippen LogP contribution in [0.4, 0.5) is 11.6 Å². The first-order chi connectivity index (χ1) is 10.9. The number of nitrogens with one attached hydrogen (secondary N) is 1. The summed E-state index contributed by atoms with van der Waals surface area (Å²) in [5, 5.41) is 3.23. The molecule has 0 spiro atoms. The fourth-order valence-electron chi connectivity index (χ4n) is 2.83. The highest BCUT2D eigenvalue weighted by molar-refractivity contribution is 5.59. The van der Waals surface area contributed by atoms with E-state index in [4.69, 9.17) is 0 Å². The topological polar surface area (TPSA) is 55.6 Å². The molecule has 1 aromatic carbocycles. The van der Waals surface area contributed by atoms with Crippen LogP contribution in [0, 0.1) is 0 Å². The van der Waals surface area contributed by atoms with E-state index in [1.54, 1.807) is 6.20 Å². The van der Waals surface area contributed by atoms with Gasteiger partial charge in [-0.05, 0) is 31.0 Å². The molecular formula is C17H17N5. The minimum absolute atomic E-state index is 0.607. The van der Waals surface area contributed by atoms with Crippen molar-refractivity contribution in [1.29, 1.82) is 0 Å². The molecule has 0 amide bonds. The number of nitrogens with zero attached hydrogens (tertiary/aromatic N) is 4. The Morgan fingerprint density at radius 1 is 1.00 bits per heavy atom. The molecule has 4 rings (SSSR count). The van der Waals surface area contributed by atoms with E-state index in [1.165, 1.54) is 12.8 Å². The maximum absolute atomic E-state index is 4.64. The van der Waals surface area contributed by atoms with Gasteiger partial charge in [0.15, 0.2) is 0 Å². The van der Waals surface area contributed by atoms with E-state index in [-0.39, 0.29) is 0 Å². The number of anilines is 2. The van der Waals surface area contributed by atoms with Gasteiger partial charge in [0.1, 0.15) is 5.82 Å². The van der Waals surface area contributed by atoms with Crippen LogP contribution in [0.2, 0.25) is 0 Å². The smallest absolute Gasteiger partial charge is 0.227 e. The summed E-state index contributed by atoms with van der Waals surface area (Å²) in [4.78, 5) is 13.5. The lowest BCUT2D eigenvalue weighted by Crippen LogP contribution is -2.12. The van der Waals surface area contributed by atoms with E-state index >= 15 is 0 Å². The molecule has 110 valence electrons. The second-order valence-corrected chi connectivity index (χ2v) is 5.42. The molecule has 5 nitrogen and oxygen atoms in total. The maximum atomic E-state index is 4.64. The quantitative estimate of drug-likeness (QED) is 0.803. The zero-order valence-electron chi connectivity index (χ0n) is 12.2. The van der Waals surface area contributed by atoms with Crippen molar-refractivity contribution in [1.82, 2.24) is 19.5 Å². The minimum atomic E-state index is 0.607. The molecule has 0 fully saturated rings. The normalized spacial score (nSPS) is 13.6. The Hall–Kier alpha value is -2.69. The van der Waals surface area contributed by atoms with Gasteiger partial charge in [0.25, 0.3) is 0 Å².